The molecule has 1 N–H and O–H groups in total. The number of nitrogens with one attached hydrogen (secondary N) is 1. The standard InChI is InChI=1S/C23H22ClNOS2/c1-16-14-18(15-27-20-6-4-3-5-7-20)8-13-22(16)25-23(26)17(2)28-21-11-9-19(24)10-12-21/h3-14,17H,15H2,1-2H3,(H,25,26)/t17-/m1/s1. The van der Waals surface area contributed by atoms with Crippen molar-refractivity contribution in [3.63, 3.8) is 0 Å². The molecule has 5 heteroatoms. The Morgan fingerprint density at radius 3 is 2.39 bits per heavy atom. The summed E-state index contributed by atoms with van der Waals surface area (Å²) in [4.78, 5) is 14.8. The van der Waals surface area contributed by atoms with Crippen LogP contribution in [0.3, 0.4) is 0 Å². The number of hydrogen-bond donors (Lipinski definition) is 1. The van der Waals surface area contributed by atoms with Crippen molar-refractivity contribution in [2.24, 2.45) is 0 Å². The van der Waals surface area contributed by atoms with Gasteiger partial charge >= 0.3 is 0 Å². The normalized spacial score (nSPS) is 11.8. The summed E-state index contributed by atoms with van der Waals surface area (Å²) in [7, 11) is 0. The molecule has 0 heterocycles. The Bertz CT molecular complexity index is 929. The molecule has 0 saturated heterocycles. The van der Waals surface area contributed by atoms with E-state index in [1.54, 1.807) is 0 Å². The summed E-state index contributed by atoms with van der Waals surface area (Å²) < 4.78 is 0. The van der Waals surface area contributed by atoms with Crippen LogP contribution in [0.15, 0.2) is 82.6 Å². The second kappa shape index (κ2) is 10.1. The van der Waals surface area contributed by atoms with Crippen LogP contribution in [0.4, 0.5) is 5.69 Å². The van der Waals surface area contributed by atoms with Crippen LogP contribution in [-0.4, -0.2) is 11.2 Å². The molecule has 3 rings (SSSR count). The monoisotopic (exact) mass is 427 g/mol. The highest BCUT2D eigenvalue weighted by Gasteiger charge is 2.15. The number of aryl methyl sites for hydroxylation is 1. The Morgan fingerprint density at radius 1 is 1.00 bits per heavy atom. The summed E-state index contributed by atoms with van der Waals surface area (Å²) in [6.07, 6.45) is 0. The molecular weight excluding hydrogens is 406 g/mol. The van der Waals surface area contributed by atoms with E-state index in [-0.39, 0.29) is 11.2 Å². The van der Waals surface area contributed by atoms with Gasteiger partial charge in [-0.3, -0.25) is 4.79 Å². The van der Waals surface area contributed by atoms with Crippen molar-refractivity contribution >= 4 is 46.7 Å². The summed E-state index contributed by atoms with van der Waals surface area (Å²) >= 11 is 9.24. The van der Waals surface area contributed by atoms with E-state index in [1.807, 2.05) is 62.0 Å². The second-order valence-corrected chi connectivity index (χ2v) is 9.35. The van der Waals surface area contributed by atoms with Crippen LogP contribution in [0, 0.1) is 6.92 Å². The first-order valence-corrected chi connectivity index (χ1v) is 11.3. The number of halogens is 1. The van der Waals surface area contributed by atoms with Gasteiger partial charge in [0.25, 0.3) is 0 Å². The smallest absolute Gasteiger partial charge is 0.237 e. The molecule has 1 amide bonds. The van der Waals surface area contributed by atoms with Gasteiger partial charge in [0.1, 0.15) is 0 Å². The van der Waals surface area contributed by atoms with Gasteiger partial charge < -0.3 is 5.32 Å². The Morgan fingerprint density at radius 2 is 1.71 bits per heavy atom. The highest BCUT2D eigenvalue weighted by Crippen LogP contribution is 2.27. The topological polar surface area (TPSA) is 29.1 Å². The first-order chi connectivity index (χ1) is 13.5. The molecule has 0 bridgehead atoms. The van der Waals surface area contributed by atoms with Gasteiger partial charge in [-0.15, -0.1) is 23.5 Å². The number of thioether (sulfide) groups is 2. The molecule has 0 unspecified atom stereocenters. The van der Waals surface area contributed by atoms with Crippen LogP contribution in [0.2, 0.25) is 5.02 Å². The van der Waals surface area contributed by atoms with Crippen LogP contribution < -0.4 is 5.32 Å². The van der Waals surface area contributed by atoms with Gasteiger partial charge in [-0.25, -0.2) is 0 Å². The van der Waals surface area contributed by atoms with Gasteiger partial charge in [-0.05, 0) is 67.4 Å². The molecule has 0 aliphatic rings. The van der Waals surface area contributed by atoms with Crippen molar-refractivity contribution in [1.82, 2.24) is 0 Å². The Hall–Kier alpha value is -1.88. The van der Waals surface area contributed by atoms with Crippen molar-refractivity contribution < 1.29 is 4.79 Å². The van der Waals surface area contributed by atoms with Gasteiger partial charge in [-0.1, -0.05) is 41.9 Å². The summed E-state index contributed by atoms with van der Waals surface area (Å²) in [5.74, 6) is 0.900. The third kappa shape index (κ3) is 6.06. The van der Waals surface area contributed by atoms with E-state index >= 15 is 0 Å². The average Bonchev–Trinajstić information content (AvgIpc) is 2.70. The SMILES string of the molecule is Cc1cc(CSc2ccccc2)ccc1NC(=O)[C@@H](C)Sc1ccc(Cl)cc1. The van der Waals surface area contributed by atoms with Crippen LogP contribution >= 0.6 is 35.1 Å². The highest BCUT2D eigenvalue weighted by molar-refractivity contribution is 8.00. The van der Waals surface area contributed by atoms with Crippen molar-refractivity contribution in [1.29, 1.82) is 0 Å². The van der Waals surface area contributed by atoms with Crippen molar-refractivity contribution in [2.75, 3.05) is 5.32 Å². The molecule has 3 aromatic rings. The van der Waals surface area contributed by atoms with Crippen LogP contribution in [0.25, 0.3) is 0 Å². The number of benzene rings is 3. The third-order valence-corrected chi connectivity index (χ3v) is 6.64. The van der Waals surface area contributed by atoms with Gasteiger partial charge in [0, 0.05) is 26.3 Å². The minimum Gasteiger partial charge on any atom is -0.325 e. The quantitative estimate of drug-likeness (QED) is 0.409. The Labute approximate surface area is 180 Å². The van der Waals surface area contributed by atoms with E-state index < -0.39 is 0 Å². The Balaban J connectivity index is 1.57. The van der Waals surface area contributed by atoms with E-state index in [9.17, 15) is 4.79 Å². The van der Waals surface area contributed by atoms with Crippen molar-refractivity contribution in [3.05, 3.63) is 88.9 Å². The third-order valence-electron chi connectivity index (χ3n) is 4.19. The number of anilines is 1. The van der Waals surface area contributed by atoms with E-state index in [4.69, 9.17) is 11.6 Å². The van der Waals surface area contributed by atoms with Crippen LogP contribution in [0.5, 0.6) is 0 Å². The predicted molar refractivity (Wildman–Crippen MR) is 123 cm³/mol. The van der Waals surface area contributed by atoms with Crippen LogP contribution in [0.1, 0.15) is 18.1 Å². The lowest BCUT2D eigenvalue weighted by molar-refractivity contribution is -0.115. The van der Waals surface area contributed by atoms with E-state index in [0.29, 0.717) is 5.02 Å². The minimum absolute atomic E-state index is 0.00513. The van der Waals surface area contributed by atoms with Gasteiger partial charge in [-0.2, -0.15) is 0 Å². The fourth-order valence-corrected chi connectivity index (χ4v) is 4.50. The maximum absolute atomic E-state index is 12.6. The lowest BCUT2D eigenvalue weighted by Gasteiger charge is -2.14. The maximum atomic E-state index is 12.6. The summed E-state index contributed by atoms with van der Waals surface area (Å²) in [6.45, 7) is 3.94. The number of amides is 1. The van der Waals surface area contributed by atoms with E-state index in [2.05, 4.69) is 41.7 Å². The lowest BCUT2D eigenvalue weighted by atomic mass is 10.1. The molecule has 28 heavy (non-hydrogen) atoms. The molecule has 0 aromatic heterocycles. The predicted octanol–water partition coefficient (Wildman–Crippen LogP) is 7.06. The number of rotatable bonds is 7. The van der Waals surface area contributed by atoms with Crippen molar-refractivity contribution in [2.45, 2.75) is 34.6 Å². The Kier molecular flexibility index (Phi) is 7.49. The fourth-order valence-electron chi connectivity index (χ4n) is 2.64. The molecule has 0 fully saturated rings. The molecule has 144 valence electrons. The van der Waals surface area contributed by atoms with Crippen LogP contribution in [-0.2, 0) is 10.5 Å². The highest BCUT2D eigenvalue weighted by atomic mass is 35.5. The zero-order valence-corrected chi connectivity index (χ0v) is 18.2. The first-order valence-electron chi connectivity index (χ1n) is 9.02. The van der Waals surface area contributed by atoms with Gasteiger partial charge in [0.15, 0.2) is 0 Å². The van der Waals surface area contributed by atoms with Gasteiger partial charge in [0.2, 0.25) is 5.91 Å². The zero-order valence-electron chi connectivity index (χ0n) is 15.8. The molecular formula is C23H22ClNOS2. The molecule has 0 aliphatic heterocycles. The van der Waals surface area contributed by atoms with Gasteiger partial charge in [0.05, 0.1) is 5.25 Å². The molecule has 0 spiro atoms. The summed E-state index contributed by atoms with van der Waals surface area (Å²) in [5.41, 5.74) is 3.18. The number of hydrogen-bond acceptors (Lipinski definition) is 3. The molecule has 0 radical (unpaired) electrons. The average molecular weight is 428 g/mol. The molecule has 0 saturated carbocycles. The van der Waals surface area contributed by atoms with E-state index in [0.717, 1.165) is 21.9 Å². The number of carbonyl (C=O) groups is 1. The maximum Gasteiger partial charge on any atom is 0.237 e. The zero-order chi connectivity index (χ0) is 19.9. The molecule has 2 nitrogen and oxygen atoms in total. The lowest BCUT2D eigenvalue weighted by Crippen LogP contribution is -2.22. The largest absolute Gasteiger partial charge is 0.325 e. The minimum atomic E-state index is -0.200. The summed E-state index contributed by atoms with van der Waals surface area (Å²) in [6, 6.07) is 24.1. The molecule has 0 aliphatic carbocycles. The molecule has 3 aromatic carbocycles. The molecule has 1 atom stereocenters. The first kappa shape index (κ1) is 20.8. The van der Waals surface area contributed by atoms with E-state index in [1.165, 1.54) is 22.2 Å². The summed E-state index contributed by atoms with van der Waals surface area (Å²) in [5, 5.41) is 3.55. The van der Waals surface area contributed by atoms with Crippen molar-refractivity contribution in [3.8, 4) is 0 Å². The fraction of sp³-hybridized carbons (Fsp3) is 0.174. The second-order valence-electron chi connectivity index (χ2n) is 6.45. The number of carbonyl (C=O) groups excluding carboxylic acids is 1.